The van der Waals surface area contributed by atoms with Crippen molar-refractivity contribution in [3.8, 4) is 11.3 Å². The molecule has 0 amide bonds. The summed E-state index contributed by atoms with van der Waals surface area (Å²) in [5.74, 6) is 0.640. The van der Waals surface area contributed by atoms with Gasteiger partial charge in [0.15, 0.2) is 6.10 Å². The largest absolute Gasteiger partial charge is 0.466 e. The summed E-state index contributed by atoms with van der Waals surface area (Å²) in [6.45, 7) is 1.04. The van der Waals surface area contributed by atoms with Gasteiger partial charge in [0, 0.05) is 25.1 Å². The van der Waals surface area contributed by atoms with Crippen molar-refractivity contribution in [2.24, 2.45) is 14.1 Å². The third kappa shape index (κ3) is 2.59. The summed E-state index contributed by atoms with van der Waals surface area (Å²) in [4.78, 5) is 26.0. The topological polar surface area (TPSA) is 71.3 Å². The molecule has 29 heavy (non-hydrogen) atoms. The van der Waals surface area contributed by atoms with Crippen LogP contribution in [-0.2, 0) is 25.4 Å². The van der Waals surface area contributed by atoms with Gasteiger partial charge in [-0.3, -0.25) is 13.9 Å². The second kappa shape index (κ2) is 6.60. The highest BCUT2D eigenvalue weighted by Crippen LogP contribution is 2.40. The van der Waals surface area contributed by atoms with Crippen LogP contribution in [0.4, 0.5) is 0 Å². The van der Waals surface area contributed by atoms with Gasteiger partial charge in [0.05, 0.1) is 35.2 Å². The van der Waals surface area contributed by atoms with Crippen LogP contribution < -0.4 is 11.2 Å². The van der Waals surface area contributed by atoms with Crippen molar-refractivity contribution < 1.29 is 9.15 Å². The molecule has 0 unspecified atom stereocenters. The number of fused-ring (bicyclic) bond motifs is 3. The van der Waals surface area contributed by atoms with Gasteiger partial charge in [-0.05, 0) is 29.8 Å². The average Bonchev–Trinajstić information content (AvgIpc) is 3.37. The highest BCUT2D eigenvalue weighted by Gasteiger charge is 2.34. The summed E-state index contributed by atoms with van der Waals surface area (Å²) in [5, 5.41) is 0.508. The smallest absolute Gasteiger partial charge is 0.331 e. The first-order valence-corrected chi connectivity index (χ1v) is 10.0. The summed E-state index contributed by atoms with van der Waals surface area (Å²) in [6.07, 6.45) is 1.10. The lowest BCUT2D eigenvalue weighted by Crippen LogP contribution is -2.37. The Bertz CT molecular complexity index is 1340. The molecule has 1 aliphatic heterocycles. The number of nitrogens with zero attached hydrogens (tertiary/aromatic N) is 3. The average molecular weight is 456 g/mol. The number of hydrogen-bond donors (Lipinski definition) is 0. The molecule has 0 N–H and O–H groups in total. The maximum Gasteiger partial charge on any atom is 0.331 e. The van der Waals surface area contributed by atoms with Gasteiger partial charge in [-0.25, -0.2) is 4.79 Å². The normalized spacial score (nSPS) is 16.3. The van der Waals surface area contributed by atoms with Crippen molar-refractivity contribution in [2.75, 3.05) is 6.61 Å². The number of rotatable bonds is 2. The summed E-state index contributed by atoms with van der Waals surface area (Å²) in [7, 11) is 3.19. The third-order valence-corrected chi connectivity index (χ3v) is 6.00. The van der Waals surface area contributed by atoms with E-state index in [2.05, 4.69) is 20.5 Å². The van der Waals surface area contributed by atoms with Gasteiger partial charge in [-0.15, -0.1) is 0 Å². The molecule has 1 aromatic carbocycles. The number of benzene rings is 1. The molecular weight excluding hydrogens is 438 g/mol. The Balaban J connectivity index is 1.97. The molecule has 4 heterocycles. The van der Waals surface area contributed by atoms with Gasteiger partial charge >= 0.3 is 5.69 Å². The minimum absolute atomic E-state index is 0.318. The number of ether oxygens (including phenoxy) is 1. The zero-order valence-electron chi connectivity index (χ0n) is 15.9. The molecule has 148 valence electrons. The fourth-order valence-electron chi connectivity index (χ4n) is 4.14. The first-order chi connectivity index (χ1) is 14.0. The van der Waals surface area contributed by atoms with Crippen LogP contribution in [0, 0.1) is 0 Å². The van der Waals surface area contributed by atoms with Crippen molar-refractivity contribution in [1.29, 1.82) is 0 Å². The maximum atomic E-state index is 13.2. The zero-order valence-corrected chi connectivity index (χ0v) is 17.5. The van der Waals surface area contributed by atoms with E-state index in [1.807, 2.05) is 30.3 Å². The summed E-state index contributed by atoms with van der Waals surface area (Å²) < 4.78 is 17.4. The van der Waals surface area contributed by atoms with Gasteiger partial charge < -0.3 is 13.7 Å². The van der Waals surface area contributed by atoms with Crippen molar-refractivity contribution >= 4 is 26.8 Å². The van der Waals surface area contributed by atoms with Crippen LogP contribution in [0.2, 0.25) is 0 Å². The molecule has 0 saturated heterocycles. The lowest BCUT2D eigenvalue weighted by molar-refractivity contribution is 0.0347. The first-order valence-electron chi connectivity index (χ1n) is 9.22. The summed E-state index contributed by atoms with van der Waals surface area (Å²) >= 11 is 3.47. The molecule has 1 aliphatic rings. The molecule has 0 fully saturated rings. The second-order valence-corrected chi connectivity index (χ2v) is 8.00. The van der Waals surface area contributed by atoms with Crippen LogP contribution in [0.3, 0.4) is 0 Å². The van der Waals surface area contributed by atoms with Crippen molar-refractivity contribution in [3.63, 3.8) is 0 Å². The van der Waals surface area contributed by atoms with Crippen LogP contribution in [0.15, 0.2) is 61.1 Å². The van der Waals surface area contributed by atoms with E-state index in [0.29, 0.717) is 29.8 Å². The van der Waals surface area contributed by atoms with Crippen molar-refractivity contribution in [2.45, 2.75) is 12.6 Å². The second-order valence-electron chi connectivity index (χ2n) is 7.09. The zero-order chi connectivity index (χ0) is 20.3. The minimum atomic E-state index is -0.497. The monoisotopic (exact) mass is 455 g/mol. The quantitative estimate of drug-likeness (QED) is 0.465. The molecule has 8 heteroatoms. The number of furan rings is 1. The SMILES string of the molecule is Cn1c(=O)c2c(-c3ccc(Br)cc3)n3c(c2n(C)c1=O)[C@@H](c1ccco1)OCC3. The summed E-state index contributed by atoms with van der Waals surface area (Å²) in [5.41, 5.74) is 2.34. The molecule has 3 aromatic heterocycles. The first kappa shape index (κ1) is 18.2. The Kier molecular flexibility index (Phi) is 4.15. The Hall–Kier alpha value is -2.84. The molecule has 7 nitrogen and oxygen atoms in total. The standard InChI is InChI=1S/C21H18BrN3O4/c1-23-17-15(20(26)24(2)21(23)27)16(12-5-7-13(22)8-6-12)25-9-11-29-19(18(17)25)14-4-3-10-28-14/h3-8,10,19H,9,11H2,1-2H3/t19-/m1/s1. The lowest BCUT2D eigenvalue weighted by atomic mass is 10.1. The highest BCUT2D eigenvalue weighted by atomic mass is 79.9. The van der Waals surface area contributed by atoms with E-state index in [1.54, 1.807) is 19.4 Å². The molecule has 0 bridgehead atoms. The Morgan fingerprint density at radius 2 is 1.83 bits per heavy atom. The Morgan fingerprint density at radius 1 is 1.07 bits per heavy atom. The van der Waals surface area contributed by atoms with Crippen molar-refractivity contribution in [1.82, 2.24) is 13.7 Å². The number of aromatic nitrogens is 3. The predicted molar refractivity (Wildman–Crippen MR) is 112 cm³/mol. The van der Waals surface area contributed by atoms with E-state index in [9.17, 15) is 9.59 Å². The Labute approximate surface area is 173 Å². The maximum absolute atomic E-state index is 13.2. The molecule has 1 atom stereocenters. The highest BCUT2D eigenvalue weighted by molar-refractivity contribution is 9.10. The van der Waals surface area contributed by atoms with E-state index >= 15 is 0 Å². The van der Waals surface area contributed by atoms with Gasteiger partial charge in [0.2, 0.25) is 0 Å². The van der Waals surface area contributed by atoms with Gasteiger partial charge in [0.25, 0.3) is 5.56 Å². The van der Waals surface area contributed by atoms with Gasteiger partial charge in [0.1, 0.15) is 5.76 Å². The minimum Gasteiger partial charge on any atom is -0.466 e. The molecule has 5 rings (SSSR count). The predicted octanol–water partition coefficient (Wildman–Crippen LogP) is 3.18. The molecular formula is C21H18BrN3O4. The summed E-state index contributed by atoms with van der Waals surface area (Å²) in [6, 6.07) is 11.5. The van der Waals surface area contributed by atoms with Gasteiger partial charge in [-0.2, -0.15) is 0 Å². The van der Waals surface area contributed by atoms with Crippen LogP contribution in [0.25, 0.3) is 22.2 Å². The fraction of sp³-hybridized carbons (Fsp3) is 0.238. The molecule has 0 aliphatic carbocycles. The molecule has 0 saturated carbocycles. The van der Waals surface area contributed by atoms with E-state index < -0.39 is 6.10 Å². The van der Waals surface area contributed by atoms with Crippen LogP contribution in [-0.4, -0.2) is 20.3 Å². The fourth-order valence-corrected chi connectivity index (χ4v) is 4.41. The number of hydrogen-bond acceptors (Lipinski definition) is 4. The van der Waals surface area contributed by atoms with Crippen LogP contribution >= 0.6 is 15.9 Å². The molecule has 4 aromatic rings. The van der Waals surface area contributed by atoms with Crippen LogP contribution in [0.5, 0.6) is 0 Å². The lowest BCUT2D eigenvalue weighted by Gasteiger charge is -2.26. The molecule has 0 spiro atoms. The number of halogens is 1. The third-order valence-electron chi connectivity index (χ3n) is 5.47. The number of aryl methyl sites for hydroxylation is 1. The van der Waals surface area contributed by atoms with E-state index in [-0.39, 0.29) is 11.2 Å². The van der Waals surface area contributed by atoms with Gasteiger partial charge in [-0.1, -0.05) is 28.1 Å². The Morgan fingerprint density at radius 3 is 2.52 bits per heavy atom. The van der Waals surface area contributed by atoms with E-state index in [4.69, 9.17) is 9.15 Å². The van der Waals surface area contributed by atoms with Crippen molar-refractivity contribution in [3.05, 3.63) is 79.4 Å². The van der Waals surface area contributed by atoms with E-state index in [1.165, 1.54) is 11.6 Å². The molecule has 0 radical (unpaired) electrons. The van der Waals surface area contributed by atoms with Crippen LogP contribution in [0.1, 0.15) is 17.6 Å². The van der Waals surface area contributed by atoms with E-state index in [0.717, 1.165) is 26.0 Å².